The van der Waals surface area contributed by atoms with Crippen molar-refractivity contribution in [3.63, 3.8) is 0 Å². The average molecular weight is 860 g/mol. The van der Waals surface area contributed by atoms with Gasteiger partial charge in [-0.3, -0.25) is 9.59 Å². The van der Waals surface area contributed by atoms with Crippen LogP contribution in [0.2, 0.25) is 0 Å². The number of rotatable bonds is 50. The molecule has 2 atom stereocenters. The number of carbonyl (C=O) groups excluding carboxylic acids is 2. The smallest absolute Gasteiger partial charge is 0.305 e. The Morgan fingerprint density at radius 1 is 0.443 bits per heavy atom. The van der Waals surface area contributed by atoms with Crippen LogP contribution in [0.3, 0.4) is 0 Å². The summed E-state index contributed by atoms with van der Waals surface area (Å²) in [5, 5.41) is 23.1. The minimum Gasteiger partial charge on any atom is -0.466 e. The van der Waals surface area contributed by atoms with Crippen molar-refractivity contribution in [2.75, 3.05) is 13.2 Å². The molecular weight excluding hydrogens is 755 g/mol. The Hall–Kier alpha value is -1.66. The van der Waals surface area contributed by atoms with Crippen LogP contribution in [0.1, 0.15) is 290 Å². The number of aliphatic hydroxyl groups excluding tert-OH is 2. The molecular formula is C55H105NO5. The van der Waals surface area contributed by atoms with Gasteiger partial charge in [-0.2, -0.15) is 0 Å². The van der Waals surface area contributed by atoms with E-state index in [0.29, 0.717) is 19.4 Å². The van der Waals surface area contributed by atoms with Gasteiger partial charge in [0, 0.05) is 12.8 Å². The summed E-state index contributed by atoms with van der Waals surface area (Å²) in [6.07, 6.45) is 60.5. The van der Waals surface area contributed by atoms with Crippen LogP contribution in [0.4, 0.5) is 0 Å². The van der Waals surface area contributed by atoms with Gasteiger partial charge < -0.3 is 20.3 Å². The van der Waals surface area contributed by atoms with E-state index in [9.17, 15) is 19.8 Å². The van der Waals surface area contributed by atoms with E-state index >= 15 is 0 Å². The van der Waals surface area contributed by atoms with Gasteiger partial charge in [-0.05, 0) is 57.8 Å². The highest BCUT2D eigenvalue weighted by Crippen LogP contribution is 2.16. The number of unbranched alkanes of at least 4 members (excludes halogenated alkanes) is 37. The quantitative estimate of drug-likeness (QED) is 0.0322. The Balaban J connectivity index is 3.53. The summed E-state index contributed by atoms with van der Waals surface area (Å²) in [5.74, 6) is -0.136. The first-order valence-corrected chi connectivity index (χ1v) is 27.1. The molecule has 0 spiro atoms. The fourth-order valence-corrected chi connectivity index (χ4v) is 8.27. The molecule has 61 heavy (non-hydrogen) atoms. The lowest BCUT2D eigenvalue weighted by molar-refractivity contribution is -0.143. The van der Waals surface area contributed by atoms with E-state index in [1.54, 1.807) is 6.08 Å². The minimum atomic E-state index is -0.865. The van der Waals surface area contributed by atoms with Gasteiger partial charge in [0.2, 0.25) is 5.91 Å². The van der Waals surface area contributed by atoms with E-state index < -0.39 is 12.1 Å². The lowest BCUT2D eigenvalue weighted by Crippen LogP contribution is -2.45. The second-order valence-electron chi connectivity index (χ2n) is 18.6. The van der Waals surface area contributed by atoms with Crippen molar-refractivity contribution in [1.82, 2.24) is 5.32 Å². The van der Waals surface area contributed by atoms with Crippen LogP contribution in [0.5, 0.6) is 0 Å². The van der Waals surface area contributed by atoms with Crippen molar-refractivity contribution >= 4 is 11.9 Å². The van der Waals surface area contributed by atoms with Crippen LogP contribution >= 0.6 is 0 Å². The molecule has 1 amide bonds. The molecule has 0 aliphatic rings. The second kappa shape index (κ2) is 51.0. The summed E-state index contributed by atoms with van der Waals surface area (Å²) in [6.45, 7) is 4.83. The molecule has 360 valence electrons. The summed E-state index contributed by atoms with van der Waals surface area (Å²) < 4.78 is 5.45. The number of hydrogen-bond donors (Lipinski definition) is 3. The van der Waals surface area contributed by atoms with Gasteiger partial charge in [-0.15, -0.1) is 0 Å². The van der Waals surface area contributed by atoms with E-state index in [0.717, 1.165) is 77.0 Å². The van der Waals surface area contributed by atoms with Gasteiger partial charge in [-0.25, -0.2) is 0 Å². The first kappa shape index (κ1) is 59.3. The van der Waals surface area contributed by atoms with Crippen LogP contribution in [0, 0.1) is 0 Å². The molecule has 0 aromatic heterocycles. The molecule has 2 unspecified atom stereocenters. The molecule has 6 heteroatoms. The summed E-state index contributed by atoms with van der Waals surface area (Å²) in [7, 11) is 0. The van der Waals surface area contributed by atoms with E-state index in [-0.39, 0.29) is 18.5 Å². The van der Waals surface area contributed by atoms with Gasteiger partial charge in [0.25, 0.3) is 0 Å². The molecule has 0 bridgehead atoms. The lowest BCUT2D eigenvalue weighted by atomic mass is 10.0. The Morgan fingerprint density at radius 2 is 0.770 bits per heavy atom. The Kier molecular flexibility index (Phi) is 49.6. The number of amides is 1. The average Bonchev–Trinajstić information content (AvgIpc) is 3.26. The zero-order valence-electron chi connectivity index (χ0n) is 40.9. The van der Waals surface area contributed by atoms with Crippen LogP contribution in [0.15, 0.2) is 24.3 Å². The topological polar surface area (TPSA) is 95.9 Å². The maximum absolute atomic E-state index is 12.4. The van der Waals surface area contributed by atoms with Crippen molar-refractivity contribution in [1.29, 1.82) is 0 Å². The lowest BCUT2D eigenvalue weighted by Gasteiger charge is -2.20. The zero-order chi connectivity index (χ0) is 44.4. The number of carbonyl (C=O) groups is 2. The Morgan fingerprint density at radius 3 is 1.16 bits per heavy atom. The molecule has 3 N–H and O–H groups in total. The van der Waals surface area contributed by atoms with E-state index in [1.807, 2.05) is 6.08 Å². The number of esters is 1. The highest BCUT2D eigenvalue weighted by molar-refractivity contribution is 5.76. The number of aliphatic hydroxyl groups is 2. The third-order valence-electron chi connectivity index (χ3n) is 12.5. The van der Waals surface area contributed by atoms with E-state index in [2.05, 4.69) is 31.3 Å². The summed E-state index contributed by atoms with van der Waals surface area (Å²) in [4.78, 5) is 24.5. The molecule has 0 aliphatic heterocycles. The number of ether oxygens (including phenoxy) is 1. The molecule has 0 aromatic rings. The Labute approximate surface area is 380 Å². The molecule has 0 saturated carbocycles. The summed E-state index contributed by atoms with van der Waals surface area (Å²) in [6, 6.07) is -0.652. The monoisotopic (exact) mass is 860 g/mol. The standard InChI is InChI=1S/C55H105NO5/c1-3-5-7-9-11-13-15-17-19-21-22-24-26-28-33-37-41-45-49-55(60)61-50-46-42-38-34-30-29-32-36-40-44-48-54(59)56-52(51-57)53(58)47-43-39-35-31-27-25-23-20-18-16-14-12-10-8-6-4-2/h30,34,43,47,52-53,57-58H,3-29,31-33,35-42,44-46,48-51H2,1-2H3,(H,56,59)/b34-30-,47-43+. The fourth-order valence-electron chi connectivity index (χ4n) is 8.27. The van der Waals surface area contributed by atoms with Crippen LogP contribution in [-0.2, 0) is 14.3 Å². The number of hydrogen-bond acceptors (Lipinski definition) is 5. The summed E-state index contributed by atoms with van der Waals surface area (Å²) in [5.41, 5.74) is 0. The molecule has 6 nitrogen and oxygen atoms in total. The van der Waals surface area contributed by atoms with E-state index in [1.165, 1.54) is 186 Å². The normalized spacial score (nSPS) is 12.8. The van der Waals surface area contributed by atoms with Crippen molar-refractivity contribution in [3.8, 4) is 0 Å². The number of allylic oxidation sites excluding steroid dienone is 3. The van der Waals surface area contributed by atoms with Gasteiger partial charge in [0.05, 0.1) is 25.4 Å². The van der Waals surface area contributed by atoms with Gasteiger partial charge >= 0.3 is 5.97 Å². The third kappa shape index (κ3) is 47.7. The third-order valence-corrected chi connectivity index (χ3v) is 12.5. The molecule has 0 fully saturated rings. The highest BCUT2D eigenvalue weighted by atomic mass is 16.5. The van der Waals surface area contributed by atoms with Crippen molar-refractivity contribution in [2.45, 2.75) is 302 Å². The van der Waals surface area contributed by atoms with Crippen LogP contribution < -0.4 is 5.32 Å². The predicted molar refractivity (Wildman–Crippen MR) is 264 cm³/mol. The molecule has 0 saturated heterocycles. The maximum Gasteiger partial charge on any atom is 0.305 e. The molecule has 0 aliphatic carbocycles. The molecule has 0 heterocycles. The first-order valence-electron chi connectivity index (χ1n) is 27.1. The molecule has 0 radical (unpaired) electrons. The Bertz CT molecular complexity index is 951. The molecule has 0 rings (SSSR count). The fraction of sp³-hybridized carbons (Fsp3) is 0.891. The predicted octanol–water partition coefficient (Wildman–Crippen LogP) is 16.3. The zero-order valence-corrected chi connectivity index (χ0v) is 40.9. The van der Waals surface area contributed by atoms with Crippen LogP contribution in [-0.4, -0.2) is 47.4 Å². The minimum absolute atomic E-state index is 0.0341. The van der Waals surface area contributed by atoms with Crippen LogP contribution in [0.25, 0.3) is 0 Å². The van der Waals surface area contributed by atoms with Crippen molar-refractivity contribution < 1.29 is 24.5 Å². The highest BCUT2D eigenvalue weighted by Gasteiger charge is 2.18. The van der Waals surface area contributed by atoms with Gasteiger partial charge in [-0.1, -0.05) is 244 Å². The van der Waals surface area contributed by atoms with Gasteiger partial charge in [0.15, 0.2) is 0 Å². The van der Waals surface area contributed by atoms with Gasteiger partial charge in [0.1, 0.15) is 0 Å². The summed E-state index contributed by atoms with van der Waals surface area (Å²) >= 11 is 0. The molecule has 0 aromatic carbocycles. The largest absolute Gasteiger partial charge is 0.466 e. The van der Waals surface area contributed by atoms with E-state index in [4.69, 9.17) is 4.74 Å². The first-order chi connectivity index (χ1) is 30.0. The number of nitrogens with one attached hydrogen (secondary N) is 1. The SMILES string of the molecule is CCCCCCCCCCCCCCCC/C=C/C(O)C(CO)NC(=O)CCCCCC/C=C\CCCCOC(=O)CCCCCCCCCCCCCCCCCCCC. The van der Waals surface area contributed by atoms with Crippen molar-refractivity contribution in [2.24, 2.45) is 0 Å². The maximum atomic E-state index is 12.4. The second-order valence-corrected chi connectivity index (χ2v) is 18.6. The van der Waals surface area contributed by atoms with Crippen molar-refractivity contribution in [3.05, 3.63) is 24.3 Å².